The zero-order valence-electron chi connectivity index (χ0n) is 8.56. The Balaban J connectivity index is 2.74. The van der Waals surface area contributed by atoms with E-state index in [1.165, 1.54) is 6.07 Å². The number of benzene rings is 1. The Bertz CT molecular complexity index is 353. The van der Waals surface area contributed by atoms with Crippen LogP contribution < -0.4 is 5.32 Å². The van der Waals surface area contributed by atoms with Crippen molar-refractivity contribution >= 4 is 11.4 Å². The maximum atomic E-state index is 10.6. The molecule has 0 spiro atoms. The molecule has 0 amide bonds. The molecule has 0 atom stereocenters. The van der Waals surface area contributed by atoms with Crippen LogP contribution in [0.2, 0.25) is 0 Å². The molecule has 15 heavy (non-hydrogen) atoms. The molecule has 0 aromatic heterocycles. The molecule has 0 aliphatic heterocycles. The molecule has 0 bridgehead atoms. The Kier molecular flexibility index (Phi) is 4.05. The number of nitrogens with one attached hydrogen (secondary N) is 1. The number of aryl methyl sites for hydroxylation is 1. The largest absolute Gasteiger partial charge is 0.396 e. The van der Waals surface area contributed by atoms with E-state index in [0.717, 1.165) is 0 Å². The van der Waals surface area contributed by atoms with Crippen LogP contribution in [0.4, 0.5) is 11.4 Å². The van der Waals surface area contributed by atoms with E-state index in [-0.39, 0.29) is 12.3 Å². The Labute approximate surface area is 87.9 Å². The van der Waals surface area contributed by atoms with Crippen molar-refractivity contribution in [2.45, 2.75) is 13.3 Å². The molecule has 0 fully saturated rings. The van der Waals surface area contributed by atoms with Crippen LogP contribution in [0.1, 0.15) is 12.0 Å². The number of nitro groups is 1. The lowest BCUT2D eigenvalue weighted by atomic mass is 10.2. The molecule has 1 aromatic rings. The first-order chi connectivity index (χ1) is 7.15. The van der Waals surface area contributed by atoms with Gasteiger partial charge in [0.05, 0.1) is 4.92 Å². The summed E-state index contributed by atoms with van der Waals surface area (Å²) < 4.78 is 0. The summed E-state index contributed by atoms with van der Waals surface area (Å²) in [5.74, 6) is 0. The number of hydrogen-bond acceptors (Lipinski definition) is 4. The number of aliphatic hydroxyl groups is 1. The Hall–Kier alpha value is -1.62. The van der Waals surface area contributed by atoms with E-state index in [1.54, 1.807) is 19.1 Å². The van der Waals surface area contributed by atoms with Crippen LogP contribution in [-0.2, 0) is 0 Å². The van der Waals surface area contributed by atoms with Crippen molar-refractivity contribution in [3.8, 4) is 0 Å². The molecule has 1 aromatic carbocycles. The van der Waals surface area contributed by atoms with Crippen LogP contribution >= 0.6 is 0 Å². The second kappa shape index (κ2) is 5.31. The van der Waals surface area contributed by atoms with Crippen molar-refractivity contribution in [3.05, 3.63) is 33.9 Å². The Morgan fingerprint density at radius 2 is 2.27 bits per heavy atom. The van der Waals surface area contributed by atoms with E-state index in [2.05, 4.69) is 5.32 Å². The fraction of sp³-hybridized carbons (Fsp3) is 0.400. The summed E-state index contributed by atoms with van der Waals surface area (Å²) in [5.41, 5.74) is 1.47. The molecule has 0 radical (unpaired) electrons. The summed E-state index contributed by atoms with van der Waals surface area (Å²) in [7, 11) is 0. The van der Waals surface area contributed by atoms with E-state index in [9.17, 15) is 10.1 Å². The van der Waals surface area contributed by atoms with Gasteiger partial charge < -0.3 is 10.4 Å². The number of rotatable bonds is 5. The number of anilines is 1. The monoisotopic (exact) mass is 210 g/mol. The third kappa shape index (κ3) is 3.21. The van der Waals surface area contributed by atoms with Crippen molar-refractivity contribution < 1.29 is 10.0 Å². The average molecular weight is 210 g/mol. The van der Waals surface area contributed by atoms with E-state index >= 15 is 0 Å². The minimum absolute atomic E-state index is 0.112. The summed E-state index contributed by atoms with van der Waals surface area (Å²) in [6.45, 7) is 2.42. The van der Waals surface area contributed by atoms with Crippen LogP contribution in [-0.4, -0.2) is 23.2 Å². The van der Waals surface area contributed by atoms with Crippen molar-refractivity contribution in [3.63, 3.8) is 0 Å². The lowest BCUT2D eigenvalue weighted by Gasteiger charge is -2.05. The van der Waals surface area contributed by atoms with Gasteiger partial charge in [-0.2, -0.15) is 0 Å². The summed E-state index contributed by atoms with van der Waals surface area (Å²) >= 11 is 0. The summed E-state index contributed by atoms with van der Waals surface area (Å²) in [6.07, 6.45) is 0.627. The normalized spacial score (nSPS) is 10.0. The van der Waals surface area contributed by atoms with Crippen LogP contribution in [0.15, 0.2) is 18.2 Å². The molecule has 0 heterocycles. The van der Waals surface area contributed by atoms with Crippen molar-refractivity contribution in [1.82, 2.24) is 0 Å². The summed E-state index contributed by atoms with van der Waals surface area (Å²) in [4.78, 5) is 10.2. The quantitative estimate of drug-likeness (QED) is 0.440. The standard InChI is InChI=1S/C10H14N2O3/c1-8-3-4-9(11-5-2-6-13)7-10(8)12(14)15/h3-4,7,11,13H,2,5-6H2,1H3. The summed E-state index contributed by atoms with van der Waals surface area (Å²) in [6, 6.07) is 5.01. The lowest BCUT2D eigenvalue weighted by Crippen LogP contribution is -2.04. The molecule has 1 rings (SSSR count). The minimum Gasteiger partial charge on any atom is -0.396 e. The van der Waals surface area contributed by atoms with E-state index < -0.39 is 4.92 Å². The topological polar surface area (TPSA) is 75.4 Å². The molecule has 5 heteroatoms. The van der Waals surface area contributed by atoms with Gasteiger partial charge in [0.25, 0.3) is 5.69 Å². The van der Waals surface area contributed by atoms with Crippen LogP contribution in [0, 0.1) is 17.0 Å². The average Bonchev–Trinajstić information content (AvgIpc) is 2.20. The molecule has 5 nitrogen and oxygen atoms in total. The second-order valence-corrected chi connectivity index (χ2v) is 3.26. The SMILES string of the molecule is Cc1ccc(NCCCO)cc1[N+](=O)[O-]. The maximum Gasteiger partial charge on any atom is 0.274 e. The molecule has 0 saturated carbocycles. The second-order valence-electron chi connectivity index (χ2n) is 3.26. The van der Waals surface area contributed by atoms with E-state index in [1.807, 2.05) is 0 Å². The number of aliphatic hydroxyl groups excluding tert-OH is 1. The van der Waals surface area contributed by atoms with Crippen molar-refractivity contribution in [2.75, 3.05) is 18.5 Å². The van der Waals surface area contributed by atoms with E-state index in [4.69, 9.17) is 5.11 Å². The van der Waals surface area contributed by atoms with Crippen LogP contribution in [0.5, 0.6) is 0 Å². The van der Waals surface area contributed by atoms with Gasteiger partial charge in [-0.15, -0.1) is 0 Å². The lowest BCUT2D eigenvalue weighted by molar-refractivity contribution is -0.385. The Morgan fingerprint density at radius 1 is 1.53 bits per heavy atom. The number of nitrogens with zero attached hydrogens (tertiary/aromatic N) is 1. The molecule has 0 unspecified atom stereocenters. The predicted molar refractivity (Wildman–Crippen MR) is 58.0 cm³/mol. The highest BCUT2D eigenvalue weighted by atomic mass is 16.6. The molecular weight excluding hydrogens is 196 g/mol. The van der Waals surface area contributed by atoms with Crippen molar-refractivity contribution in [2.24, 2.45) is 0 Å². The predicted octanol–water partition coefficient (Wildman–Crippen LogP) is 1.70. The third-order valence-corrected chi connectivity index (χ3v) is 2.07. The van der Waals surface area contributed by atoms with Gasteiger partial charge in [0, 0.05) is 30.5 Å². The number of hydrogen-bond donors (Lipinski definition) is 2. The van der Waals surface area contributed by atoms with Crippen LogP contribution in [0.3, 0.4) is 0 Å². The molecule has 2 N–H and O–H groups in total. The maximum absolute atomic E-state index is 10.6. The fourth-order valence-corrected chi connectivity index (χ4v) is 1.23. The molecule has 0 aliphatic carbocycles. The first-order valence-electron chi connectivity index (χ1n) is 4.75. The minimum atomic E-state index is -0.396. The highest BCUT2D eigenvalue weighted by Gasteiger charge is 2.10. The van der Waals surface area contributed by atoms with Gasteiger partial charge in [0.2, 0.25) is 0 Å². The van der Waals surface area contributed by atoms with Gasteiger partial charge in [0.15, 0.2) is 0 Å². The van der Waals surface area contributed by atoms with E-state index in [0.29, 0.717) is 24.2 Å². The smallest absolute Gasteiger partial charge is 0.274 e. The highest BCUT2D eigenvalue weighted by Crippen LogP contribution is 2.21. The van der Waals surface area contributed by atoms with Gasteiger partial charge in [-0.3, -0.25) is 10.1 Å². The summed E-state index contributed by atoms with van der Waals surface area (Å²) in [5, 5.41) is 22.2. The van der Waals surface area contributed by atoms with Gasteiger partial charge in [-0.05, 0) is 19.4 Å². The zero-order valence-corrected chi connectivity index (χ0v) is 8.56. The first-order valence-corrected chi connectivity index (χ1v) is 4.75. The first kappa shape index (κ1) is 11.5. The van der Waals surface area contributed by atoms with Crippen LogP contribution in [0.25, 0.3) is 0 Å². The molecule has 0 saturated heterocycles. The van der Waals surface area contributed by atoms with Crippen molar-refractivity contribution in [1.29, 1.82) is 0 Å². The molecular formula is C10H14N2O3. The van der Waals surface area contributed by atoms with Gasteiger partial charge in [0.1, 0.15) is 0 Å². The van der Waals surface area contributed by atoms with Gasteiger partial charge >= 0.3 is 0 Å². The fourth-order valence-electron chi connectivity index (χ4n) is 1.23. The number of nitro benzene ring substituents is 1. The zero-order chi connectivity index (χ0) is 11.3. The Morgan fingerprint density at radius 3 is 2.87 bits per heavy atom. The third-order valence-electron chi connectivity index (χ3n) is 2.07. The van der Waals surface area contributed by atoms with Gasteiger partial charge in [-0.25, -0.2) is 0 Å². The van der Waals surface area contributed by atoms with Gasteiger partial charge in [-0.1, -0.05) is 6.07 Å². The molecule has 0 aliphatic rings. The highest BCUT2D eigenvalue weighted by molar-refractivity contribution is 5.54. The molecule has 82 valence electrons.